The molecule has 0 unspecified atom stereocenters. The summed E-state index contributed by atoms with van der Waals surface area (Å²) in [5, 5.41) is 0.0900. The third-order valence-corrected chi connectivity index (χ3v) is 2.56. The first-order chi connectivity index (χ1) is 7.13. The molecule has 1 aromatic heterocycles. The third-order valence-electron chi connectivity index (χ3n) is 2.39. The van der Waals surface area contributed by atoms with Gasteiger partial charge in [-0.2, -0.15) is 9.97 Å². The molecule has 0 fully saturated rings. The lowest BCUT2D eigenvalue weighted by atomic mass is 10.1. The number of amides is 1. The van der Waals surface area contributed by atoms with Gasteiger partial charge in [0.1, 0.15) is 5.82 Å². The second kappa shape index (κ2) is 3.66. The number of methoxy groups -OCH3 is 1. The number of aromatic nitrogens is 2. The average molecular weight is 228 g/mol. The zero-order chi connectivity index (χ0) is 11.0. The molecule has 6 heteroatoms. The van der Waals surface area contributed by atoms with E-state index in [2.05, 4.69) is 9.97 Å². The van der Waals surface area contributed by atoms with Crippen molar-refractivity contribution < 1.29 is 9.53 Å². The molecule has 0 aliphatic carbocycles. The second-order valence-electron chi connectivity index (χ2n) is 3.26. The van der Waals surface area contributed by atoms with Gasteiger partial charge in [0.2, 0.25) is 17.1 Å². The molecule has 5 nitrogen and oxygen atoms in total. The predicted octanol–water partition coefficient (Wildman–Crippen LogP) is 1.05. The Kier molecular flexibility index (Phi) is 2.48. The molecule has 0 atom stereocenters. The maximum absolute atomic E-state index is 11.4. The first-order valence-electron chi connectivity index (χ1n) is 4.50. The Morgan fingerprint density at radius 2 is 2.13 bits per heavy atom. The number of carbonyl (C=O) groups is 1. The molecule has 0 spiro atoms. The van der Waals surface area contributed by atoms with E-state index in [1.165, 1.54) is 12.0 Å². The van der Waals surface area contributed by atoms with E-state index in [4.69, 9.17) is 16.3 Å². The van der Waals surface area contributed by atoms with Crippen molar-refractivity contribution in [2.45, 2.75) is 12.8 Å². The lowest BCUT2D eigenvalue weighted by molar-refractivity contribution is -0.118. The van der Waals surface area contributed by atoms with Crippen LogP contribution in [-0.4, -0.2) is 30.0 Å². The number of rotatable bonds is 1. The highest BCUT2D eigenvalue weighted by molar-refractivity contribution is 6.28. The van der Waals surface area contributed by atoms with Crippen molar-refractivity contribution in [2.24, 2.45) is 0 Å². The molecule has 1 aromatic rings. The number of halogens is 1. The van der Waals surface area contributed by atoms with Crippen LogP contribution < -0.4 is 9.64 Å². The fraction of sp³-hybridized carbons (Fsp3) is 0.444. The van der Waals surface area contributed by atoms with Crippen LogP contribution in [0.15, 0.2) is 0 Å². The summed E-state index contributed by atoms with van der Waals surface area (Å²) in [4.78, 5) is 20.9. The number of hydrogen-bond donors (Lipinski definition) is 0. The van der Waals surface area contributed by atoms with E-state index in [-0.39, 0.29) is 11.2 Å². The quantitative estimate of drug-likeness (QED) is 0.673. The SMILES string of the molecule is COc1nc(Cl)nc2c1CCC(=O)N2C. The van der Waals surface area contributed by atoms with Gasteiger partial charge in [-0.15, -0.1) is 0 Å². The van der Waals surface area contributed by atoms with E-state index in [1.807, 2.05) is 0 Å². The summed E-state index contributed by atoms with van der Waals surface area (Å²) in [6.07, 6.45) is 1.05. The van der Waals surface area contributed by atoms with Crippen LogP contribution in [0.25, 0.3) is 0 Å². The maximum atomic E-state index is 11.4. The molecule has 1 aliphatic heterocycles. The summed E-state index contributed by atoms with van der Waals surface area (Å²) < 4.78 is 5.10. The van der Waals surface area contributed by atoms with Gasteiger partial charge in [-0.1, -0.05) is 0 Å². The molecule has 1 aliphatic rings. The molecule has 2 rings (SSSR count). The Bertz CT molecular complexity index is 422. The molecule has 1 amide bonds. The van der Waals surface area contributed by atoms with Gasteiger partial charge in [-0.3, -0.25) is 9.69 Å². The highest BCUT2D eigenvalue weighted by atomic mass is 35.5. The van der Waals surface area contributed by atoms with Crippen molar-refractivity contribution >= 4 is 23.3 Å². The molecule has 0 saturated heterocycles. The molecule has 0 saturated carbocycles. The number of nitrogens with zero attached hydrogens (tertiary/aromatic N) is 3. The van der Waals surface area contributed by atoms with Gasteiger partial charge in [-0.05, 0) is 18.0 Å². The van der Waals surface area contributed by atoms with E-state index in [0.29, 0.717) is 24.5 Å². The van der Waals surface area contributed by atoms with Crippen LogP contribution in [0.2, 0.25) is 5.28 Å². The van der Waals surface area contributed by atoms with Gasteiger partial charge in [0, 0.05) is 13.5 Å². The predicted molar refractivity (Wildman–Crippen MR) is 55.3 cm³/mol. The van der Waals surface area contributed by atoms with Gasteiger partial charge in [-0.25, -0.2) is 0 Å². The lowest BCUT2D eigenvalue weighted by Gasteiger charge is -2.25. The van der Waals surface area contributed by atoms with Crippen molar-refractivity contribution in [1.82, 2.24) is 9.97 Å². The van der Waals surface area contributed by atoms with Crippen molar-refractivity contribution in [3.63, 3.8) is 0 Å². The Morgan fingerprint density at radius 3 is 2.80 bits per heavy atom. The third kappa shape index (κ3) is 1.63. The molecular weight excluding hydrogens is 218 g/mol. The number of hydrogen-bond acceptors (Lipinski definition) is 4. The number of anilines is 1. The summed E-state index contributed by atoms with van der Waals surface area (Å²) in [6, 6.07) is 0. The fourth-order valence-electron chi connectivity index (χ4n) is 1.61. The van der Waals surface area contributed by atoms with Crippen LogP contribution in [0, 0.1) is 0 Å². The summed E-state index contributed by atoms with van der Waals surface area (Å²) in [5.74, 6) is 1.02. The molecule has 80 valence electrons. The summed E-state index contributed by atoms with van der Waals surface area (Å²) in [5.41, 5.74) is 0.837. The lowest BCUT2D eigenvalue weighted by Crippen LogP contribution is -2.32. The van der Waals surface area contributed by atoms with Crippen LogP contribution >= 0.6 is 11.6 Å². The second-order valence-corrected chi connectivity index (χ2v) is 3.59. The van der Waals surface area contributed by atoms with Crippen LogP contribution in [0.4, 0.5) is 5.82 Å². The number of fused-ring (bicyclic) bond motifs is 1. The Balaban J connectivity index is 2.58. The molecule has 2 heterocycles. The minimum Gasteiger partial charge on any atom is -0.481 e. The highest BCUT2D eigenvalue weighted by Crippen LogP contribution is 2.31. The smallest absolute Gasteiger partial charge is 0.228 e. The zero-order valence-corrected chi connectivity index (χ0v) is 9.21. The summed E-state index contributed by atoms with van der Waals surface area (Å²) in [7, 11) is 3.19. The summed E-state index contributed by atoms with van der Waals surface area (Å²) in [6.45, 7) is 0. The summed E-state index contributed by atoms with van der Waals surface area (Å²) >= 11 is 5.73. The Morgan fingerprint density at radius 1 is 1.40 bits per heavy atom. The first-order valence-corrected chi connectivity index (χ1v) is 4.88. The van der Waals surface area contributed by atoms with Crippen molar-refractivity contribution in [1.29, 1.82) is 0 Å². The average Bonchev–Trinajstić information content (AvgIpc) is 2.23. The molecule has 0 radical (unpaired) electrons. The normalized spacial score (nSPS) is 15.1. The minimum atomic E-state index is 0.0271. The van der Waals surface area contributed by atoms with E-state index in [9.17, 15) is 4.79 Å². The van der Waals surface area contributed by atoms with E-state index in [0.717, 1.165) is 5.56 Å². The van der Waals surface area contributed by atoms with Crippen LogP contribution in [0.5, 0.6) is 5.88 Å². The Hall–Kier alpha value is -1.36. The van der Waals surface area contributed by atoms with Crippen molar-refractivity contribution in [2.75, 3.05) is 19.1 Å². The van der Waals surface area contributed by atoms with Gasteiger partial charge in [0.25, 0.3) is 0 Å². The van der Waals surface area contributed by atoms with E-state index < -0.39 is 0 Å². The molecule has 0 bridgehead atoms. The number of carbonyl (C=O) groups excluding carboxylic acids is 1. The van der Waals surface area contributed by atoms with Gasteiger partial charge < -0.3 is 4.74 Å². The zero-order valence-electron chi connectivity index (χ0n) is 8.45. The minimum absolute atomic E-state index is 0.0271. The van der Waals surface area contributed by atoms with Gasteiger partial charge in [0.05, 0.1) is 12.7 Å². The largest absolute Gasteiger partial charge is 0.481 e. The van der Waals surface area contributed by atoms with Crippen LogP contribution in [0.3, 0.4) is 0 Å². The van der Waals surface area contributed by atoms with Gasteiger partial charge in [0.15, 0.2) is 0 Å². The van der Waals surface area contributed by atoms with Crippen molar-refractivity contribution in [3.8, 4) is 5.88 Å². The monoisotopic (exact) mass is 227 g/mol. The maximum Gasteiger partial charge on any atom is 0.228 e. The molecule has 0 aromatic carbocycles. The fourth-order valence-corrected chi connectivity index (χ4v) is 1.77. The van der Waals surface area contributed by atoms with E-state index >= 15 is 0 Å². The Labute approximate surface area is 92.0 Å². The van der Waals surface area contributed by atoms with Crippen LogP contribution in [-0.2, 0) is 11.2 Å². The number of ether oxygens (including phenoxy) is 1. The van der Waals surface area contributed by atoms with Gasteiger partial charge >= 0.3 is 0 Å². The standard InChI is InChI=1S/C9H10ClN3O2/c1-13-6(14)4-3-5-7(13)11-9(10)12-8(5)15-2/h3-4H2,1-2H3. The first kappa shape index (κ1) is 10.2. The molecule has 0 N–H and O–H groups in total. The topological polar surface area (TPSA) is 55.3 Å². The highest BCUT2D eigenvalue weighted by Gasteiger charge is 2.26. The van der Waals surface area contributed by atoms with Crippen LogP contribution in [0.1, 0.15) is 12.0 Å². The van der Waals surface area contributed by atoms with E-state index in [1.54, 1.807) is 7.05 Å². The van der Waals surface area contributed by atoms with Crippen molar-refractivity contribution in [3.05, 3.63) is 10.8 Å². The molecule has 15 heavy (non-hydrogen) atoms. The molecular formula is C9H10ClN3O2.